The van der Waals surface area contributed by atoms with Gasteiger partial charge in [0, 0.05) is 13.2 Å². The molecule has 66 valence electrons. The summed E-state index contributed by atoms with van der Waals surface area (Å²) in [6.07, 6.45) is 2.03. The number of aliphatic hydroxyl groups is 1. The Bertz CT molecular complexity index is 233. The highest BCUT2D eigenvalue weighted by atomic mass is 16.3. The molecule has 1 aromatic heterocycles. The van der Waals surface area contributed by atoms with Crippen molar-refractivity contribution in [3.05, 3.63) is 23.9 Å². The third-order valence-electron chi connectivity index (χ3n) is 1.81. The van der Waals surface area contributed by atoms with E-state index in [4.69, 9.17) is 0 Å². The van der Waals surface area contributed by atoms with Gasteiger partial charge in [0.05, 0.1) is 6.10 Å². The van der Waals surface area contributed by atoms with Gasteiger partial charge in [-0.1, -0.05) is 13.0 Å². The summed E-state index contributed by atoms with van der Waals surface area (Å²) in [4.78, 5) is 4.10. The van der Waals surface area contributed by atoms with Crippen LogP contribution < -0.4 is 5.32 Å². The van der Waals surface area contributed by atoms with E-state index in [9.17, 15) is 5.11 Å². The maximum absolute atomic E-state index is 9.43. The first-order chi connectivity index (χ1) is 5.77. The third kappa shape index (κ3) is 1.95. The highest BCUT2D eigenvalue weighted by Crippen LogP contribution is 2.15. The summed E-state index contributed by atoms with van der Waals surface area (Å²) in [6.45, 7) is 1.94. The quantitative estimate of drug-likeness (QED) is 0.716. The Morgan fingerprint density at radius 2 is 2.33 bits per heavy atom. The summed E-state index contributed by atoms with van der Waals surface area (Å²) in [7, 11) is 1.82. The Balaban J connectivity index is 2.77. The first kappa shape index (κ1) is 9.00. The molecule has 3 nitrogen and oxygen atoms in total. The lowest BCUT2D eigenvalue weighted by Crippen LogP contribution is -1.97. The van der Waals surface area contributed by atoms with Gasteiger partial charge in [0.2, 0.25) is 0 Å². The van der Waals surface area contributed by atoms with Crippen molar-refractivity contribution in [2.45, 2.75) is 19.4 Å². The van der Waals surface area contributed by atoms with E-state index in [1.807, 2.05) is 26.1 Å². The molecule has 3 heteroatoms. The van der Waals surface area contributed by atoms with Gasteiger partial charge in [0.15, 0.2) is 0 Å². The Labute approximate surface area is 72.5 Å². The summed E-state index contributed by atoms with van der Waals surface area (Å²) in [5.41, 5.74) is 0.872. The molecule has 1 aromatic rings. The zero-order valence-corrected chi connectivity index (χ0v) is 7.41. The zero-order valence-electron chi connectivity index (χ0n) is 7.41. The number of anilines is 1. The van der Waals surface area contributed by atoms with E-state index in [2.05, 4.69) is 10.3 Å². The van der Waals surface area contributed by atoms with Gasteiger partial charge in [-0.2, -0.15) is 0 Å². The number of aromatic nitrogens is 1. The monoisotopic (exact) mass is 166 g/mol. The molecule has 0 aliphatic carbocycles. The van der Waals surface area contributed by atoms with Crippen LogP contribution in [0.4, 0.5) is 5.82 Å². The number of hydrogen-bond donors (Lipinski definition) is 2. The van der Waals surface area contributed by atoms with E-state index in [1.165, 1.54) is 0 Å². The SMILES string of the molecule is CC[C@@H](O)c1ccc(NC)nc1. The summed E-state index contributed by atoms with van der Waals surface area (Å²) < 4.78 is 0. The minimum Gasteiger partial charge on any atom is -0.388 e. The van der Waals surface area contributed by atoms with Crippen LogP contribution in [0.5, 0.6) is 0 Å². The van der Waals surface area contributed by atoms with E-state index < -0.39 is 0 Å². The fourth-order valence-corrected chi connectivity index (χ4v) is 0.986. The zero-order chi connectivity index (χ0) is 8.97. The number of aliphatic hydroxyl groups excluding tert-OH is 1. The Morgan fingerprint density at radius 3 is 2.75 bits per heavy atom. The topological polar surface area (TPSA) is 45.1 Å². The van der Waals surface area contributed by atoms with Gasteiger partial charge in [-0.05, 0) is 18.1 Å². The van der Waals surface area contributed by atoms with Crippen molar-refractivity contribution in [2.24, 2.45) is 0 Å². The van der Waals surface area contributed by atoms with Gasteiger partial charge in [0.1, 0.15) is 5.82 Å². The molecule has 0 fully saturated rings. The molecule has 0 saturated carbocycles. The first-order valence-corrected chi connectivity index (χ1v) is 4.09. The molecule has 1 atom stereocenters. The number of nitrogens with zero attached hydrogens (tertiary/aromatic N) is 1. The largest absolute Gasteiger partial charge is 0.388 e. The summed E-state index contributed by atoms with van der Waals surface area (Å²) >= 11 is 0. The molecule has 0 amide bonds. The van der Waals surface area contributed by atoms with Crippen LogP contribution in [-0.4, -0.2) is 17.1 Å². The Kier molecular flexibility index (Phi) is 3.05. The minimum atomic E-state index is -0.386. The smallest absolute Gasteiger partial charge is 0.125 e. The van der Waals surface area contributed by atoms with Crippen molar-refractivity contribution >= 4 is 5.82 Å². The van der Waals surface area contributed by atoms with E-state index in [-0.39, 0.29) is 6.10 Å². The molecule has 0 spiro atoms. The summed E-state index contributed by atoms with van der Waals surface area (Å²) in [6, 6.07) is 3.74. The van der Waals surface area contributed by atoms with Crippen molar-refractivity contribution in [2.75, 3.05) is 12.4 Å². The van der Waals surface area contributed by atoms with Crippen LogP contribution in [0.15, 0.2) is 18.3 Å². The van der Waals surface area contributed by atoms with E-state index in [0.717, 1.165) is 17.8 Å². The van der Waals surface area contributed by atoms with Crippen LogP contribution in [0, 0.1) is 0 Å². The summed E-state index contributed by atoms with van der Waals surface area (Å²) in [5, 5.41) is 12.4. The van der Waals surface area contributed by atoms with Crippen molar-refractivity contribution in [3.8, 4) is 0 Å². The predicted molar refractivity (Wildman–Crippen MR) is 49.0 cm³/mol. The van der Waals surface area contributed by atoms with Gasteiger partial charge in [-0.15, -0.1) is 0 Å². The maximum atomic E-state index is 9.43. The molecule has 12 heavy (non-hydrogen) atoms. The van der Waals surface area contributed by atoms with Crippen molar-refractivity contribution in [1.82, 2.24) is 4.98 Å². The van der Waals surface area contributed by atoms with Crippen LogP contribution in [0.2, 0.25) is 0 Å². The number of hydrogen-bond acceptors (Lipinski definition) is 3. The molecule has 0 bridgehead atoms. The van der Waals surface area contributed by atoms with Crippen molar-refractivity contribution in [1.29, 1.82) is 0 Å². The second-order valence-corrected chi connectivity index (χ2v) is 2.65. The highest BCUT2D eigenvalue weighted by molar-refractivity contribution is 5.34. The molecular weight excluding hydrogens is 152 g/mol. The summed E-state index contributed by atoms with van der Waals surface area (Å²) in [5.74, 6) is 0.821. The second kappa shape index (κ2) is 4.07. The van der Waals surface area contributed by atoms with Gasteiger partial charge in [0.25, 0.3) is 0 Å². The number of rotatable bonds is 3. The van der Waals surface area contributed by atoms with Gasteiger partial charge in [-0.3, -0.25) is 0 Å². The molecule has 0 saturated heterocycles. The van der Waals surface area contributed by atoms with E-state index >= 15 is 0 Å². The van der Waals surface area contributed by atoms with Crippen LogP contribution in [0.25, 0.3) is 0 Å². The van der Waals surface area contributed by atoms with Crippen LogP contribution in [0.1, 0.15) is 25.0 Å². The first-order valence-electron chi connectivity index (χ1n) is 4.09. The molecule has 1 heterocycles. The van der Waals surface area contributed by atoms with E-state index in [1.54, 1.807) is 6.20 Å². The fourth-order valence-electron chi connectivity index (χ4n) is 0.986. The lowest BCUT2D eigenvalue weighted by atomic mass is 10.1. The van der Waals surface area contributed by atoms with Crippen molar-refractivity contribution < 1.29 is 5.11 Å². The van der Waals surface area contributed by atoms with Crippen molar-refractivity contribution in [3.63, 3.8) is 0 Å². The molecule has 0 radical (unpaired) electrons. The molecule has 0 aliphatic rings. The lowest BCUT2D eigenvalue weighted by molar-refractivity contribution is 0.173. The second-order valence-electron chi connectivity index (χ2n) is 2.65. The number of nitrogens with one attached hydrogen (secondary N) is 1. The van der Waals surface area contributed by atoms with Crippen LogP contribution in [-0.2, 0) is 0 Å². The molecule has 0 aromatic carbocycles. The predicted octanol–water partition coefficient (Wildman–Crippen LogP) is 1.57. The van der Waals surface area contributed by atoms with Crippen LogP contribution in [0.3, 0.4) is 0 Å². The molecular formula is C9H14N2O. The molecule has 1 rings (SSSR count). The fraction of sp³-hybridized carbons (Fsp3) is 0.444. The lowest BCUT2D eigenvalue weighted by Gasteiger charge is -2.07. The van der Waals surface area contributed by atoms with Crippen LogP contribution >= 0.6 is 0 Å². The van der Waals surface area contributed by atoms with E-state index in [0.29, 0.717) is 0 Å². The average Bonchev–Trinajstić information content (AvgIpc) is 2.17. The Hall–Kier alpha value is -1.09. The maximum Gasteiger partial charge on any atom is 0.125 e. The standard InChI is InChI=1S/C9H14N2O/c1-3-8(12)7-4-5-9(10-2)11-6-7/h4-6,8,12H,3H2,1-2H3,(H,10,11)/t8-/m1/s1. The van der Waals surface area contributed by atoms with Gasteiger partial charge in [-0.25, -0.2) is 4.98 Å². The highest BCUT2D eigenvalue weighted by Gasteiger charge is 2.03. The van der Waals surface area contributed by atoms with Gasteiger partial charge < -0.3 is 10.4 Å². The average molecular weight is 166 g/mol. The van der Waals surface area contributed by atoms with Gasteiger partial charge >= 0.3 is 0 Å². The normalized spacial score (nSPS) is 12.6. The minimum absolute atomic E-state index is 0.386. The third-order valence-corrected chi connectivity index (χ3v) is 1.81. The molecule has 0 aliphatic heterocycles. The molecule has 2 N–H and O–H groups in total. The number of pyridine rings is 1. The Morgan fingerprint density at radius 1 is 1.58 bits per heavy atom. The molecule has 0 unspecified atom stereocenters.